The van der Waals surface area contributed by atoms with Gasteiger partial charge in [0, 0.05) is 18.0 Å². The first kappa shape index (κ1) is 20.9. The van der Waals surface area contributed by atoms with Crippen LogP contribution in [0.4, 0.5) is 0 Å². The molecule has 0 bridgehead atoms. The molecule has 1 aliphatic carbocycles. The first-order valence-corrected chi connectivity index (χ1v) is 11.6. The summed E-state index contributed by atoms with van der Waals surface area (Å²) in [7, 11) is 0. The average Bonchev–Trinajstić information content (AvgIpc) is 3.26. The molecule has 2 aromatic rings. The molecular formula is C19H26N4O3S2. The van der Waals surface area contributed by atoms with Crippen molar-refractivity contribution in [2.45, 2.75) is 57.7 Å². The molecule has 0 saturated carbocycles. The number of thioether (sulfide) groups is 1. The highest BCUT2D eigenvalue weighted by atomic mass is 32.2. The number of fused-ring (bicyclic) bond motifs is 3. The molecule has 0 atom stereocenters. The predicted octanol–water partition coefficient (Wildman–Crippen LogP) is 2.09. The highest BCUT2D eigenvalue weighted by Gasteiger charge is 2.23. The van der Waals surface area contributed by atoms with Gasteiger partial charge < -0.3 is 10.6 Å². The number of carbonyl (C=O) groups is 2. The fourth-order valence-electron chi connectivity index (χ4n) is 3.28. The van der Waals surface area contributed by atoms with Crippen LogP contribution < -0.4 is 16.2 Å². The van der Waals surface area contributed by atoms with Gasteiger partial charge in [-0.2, -0.15) is 0 Å². The van der Waals surface area contributed by atoms with E-state index in [1.807, 2.05) is 13.8 Å². The number of nitrogens with one attached hydrogen (secondary N) is 2. The van der Waals surface area contributed by atoms with E-state index in [0.29, 0.717) is 18.2 Å². The molecule has 1 aliphatic rings. The van der Waals surface area contributed by atoms with Crippen LogP contribution in [-0.2, 0) is 29.0 Å². The molecule has 7 nitrogen and oxygen atoms in total. The summed E-state index contributed by atoms with van der Waals surface area (Å²) in [6, 6.07) is 0. The van der Waals surface area contributed by atoms with Crippen molar-refractivity contribution in [3.05, 3.63) is 20.8 Å². The van der Waals surface area contributed by atoms with Gasteiger partial charge in [0.25, 0.3) is 5.56 Å². The maximum Gasteiger partial charge on any atom is 0.263 e. The standard InChI is InChI=1S/C19H26N4O3S2/c1-3-8-20-14(24)10-21-15(25)11-27-19-22-17-16(18(26)23(19)9-4-2)12-6-5-7-13(12)28-17/h3-11H2,1-2H3,(H,20,24)(H,21,25). The van der Waals surface area contributed by atoms with E-state index in [9.17, 15) is 14.4 Å². The number of aryl methyl sites for hydroxylation is 2. The van der Waals surface area contributed by atoms with Crippen LogP contribution in [0.3, 0.4) is 0 Å². The summed E-state index contributed by atoms with van der Waals surface area (Å²) in [5.74, 6) is -0.327. The number of amides is 2. The SMILES string of the molecule is CCCNC(=O)CNC(=O)CSc1nc2sc3c(c2c(=O)n1CCC)CCC3. The molecule has 0 aromatic carbocycles. The summed E-state index contributed by atoms with van der Waals surface area (Å²) in [6.45, 7) is 5.13. The zero-order valence-electron chi connectivity index (χ0n) is 16.3. The fourth-order valence-corrected chi connectivity index (χ4v) is 5.43. The fraction of sp³-hybridized carbons (Fsp3) is 0.579. The summed E-state index contributed by atoms with van der Waals surface area (Å²) in [5.41, 5.74) is 1.18. The Hall–Kier alpha value is -1.87. The maximum atomic E-state index is 13.1. The Morgan fingerprint density at radius 1 is 1.18 bits per heavy atom. The molecule has 3 rings (SSSR count). The molecule has 2 N–H and O–H groups in total. The molecule has 28 heavy (non-hydrogen) atoms. The van der Waals surface area contributed by atoms with E-state index >= 15 is 0 Å². The summed E-state index contributed by atoms with van der Waals surface area (Å²) in [4.78, 5) is 43.5. The van der Waals surface area contributed by atoms with Crippen molar-refractivity contribution in [1.29, 1.82) is 0 Å². The third-order valence-electron chi connectivity index (χ3n) is 4.59. The predicted molar refractivity (Wildman–Crippen MR) is 113 cm³/mol. The van der Waals surface area contributed by atoms with Crippen LogP contribution in [0.25, 0.3) is 10.2 Å². The molecule has 0 spiro atoms. The maximum absolute atomic E-state index is 13.1. The molecule has 152 valence electrons. The zero-order chi connectivity index (χ0) is 20.1. The topological polar surface area (TPSA) is 93.1 Å². The molecule has 0 radical (unpaired) electrons. The van der Waals surface area contributed by atoms with E-state index in [4.69, 9.17) is 4.98 Å². The lowest BCUT2D eigenvalue weighted by atomic mass is 10.2. The number of carbonyl (C=O) groups excluding carboxylic acids is 2. The molecule has 2 heterocycles. The van der Waals surface area contributed by atoms with Gasteiger partial charge in [-0.05, 0) is 37.7 Å². The Morgan fingerprint density at radius 3 is 2.75 bits per heavy atom. The van der Waals surface area contributed by atoms with Crippen LogP contribution in [0.1, 0.15) is 43.6 Å². The van der Waals surface area contributed by atoms with Gasteiger partial charge in [0.2, 0.25) is 11.8 Å². The van der Waals surface area contributed by atoms with Crippen molar-refractivity contribution < 1.29 is 9.59 Å². The number of thiophene rings is 1. The van der Waals surface area contributed by atoms with E-state index in [-0.39, 0.29) is 29.7 Å². The van der Waals surface area contributed by atoms with Gasteiger partial charge in [-0.15, -0.1) is 11.3 Å². The Balaban J connectivity index is 1.72. The second-order valence-corrected chi connectivity index (χ2v) is 8.83. The molecule has 2 amide bonds. The van der Waals surface area contributed by atoms with Crippen molar-refractivity contribution in [1.82, 2.24) is 20.2 Å². The minimum Gasteiger partial charge on any atom is -0.355 e. The van der Waals surface area contributed by atoms with Crippen molar-refractivity contribution in [2.75, 3.05) is 18.8 Å². The quantitative estimate of drug-likeness (QED) is 0.477. The van der Waals surface area contributed by atoms with Crippen molar-refractivity contribution >= 4 is 45.1 Å². The minimum absolute atomic E-state index is 0.00750. The molecule has 0 saturated heterocycles. The van der Waals surface area contributed by atoms with Gasteiger partial charge in [-0.3, -0.25) is 19.0 Å². The minimum atomic E-state index is -0.247. The summed E-state index contributed by atoms with van der Waals surface area (Å²) in [5, 5.41) is 6.67. The van der Waals surface area contributed by atoms with Crippen LogP contribution in [0.5, 0.6) is 0 Å². The molecular weight excluding hydrogens is 396 g/mol. The van der Waals surface area contributed by atoms with Gasteiger partial charge >= 0.3 is 0 Å². The largest absolute Gasteiger partial charge is 0.355 e. The second kappa shape index (κ2) is 9.56. The average molecular weight is 423 g/mol. The van der Waals surface area contributed by atoms with Crippen LogP contribution in [0.15, 0.2) is 9.95 Å². The third-order valence-corrected chi connectivity index (χ3v) is 6.75. The number of rotatable bonds is 9. The molecule has 0 unspecified atom stereocenters. The first-order chi connectivity index (χ1) is 13.5. The summed E-state index contributed by atoms with van der Waals surface area (Å²) in [6.07, 6.45) is 4.75. The van der Waals surface area contributed by atoms with Crippen LogP contribution in [0.2, 0.25) is 0 Å². The number of nitrogens with zero attached hydrogens (tertiary/aromatic N) is 2. The first-order valence-electron chi connectivity index (χ1n) is 9.76. The Morgan fingerprint density at radius 2 is 2.00 bits per heavy atom. The van der Waals surface area contributed by atoms with E-state index in [2.05, 4.69) is 10.6 Å². The van der Waals surface area contributed by atoms with Crippen molar-refractivity contribution in [3.63, 3.8) is 0 Å². The summed E-state index contributed by atoms with van der Waals surface area (Å²) >= 11 is 2.86. The normalized spacial score (nSPS) is 12.9. The highest BCUT2D eigenvalue weighted by molar-refractivity contribution is 7.99. The third kappa shape index (κ3) is 4.57. The van der Waals surface area contributed by atoms with E-state index in [1.54, 1.807) is 15.9 Å². The monoisotopic (exact) mass is 422 g/mol. The van der Waals surface area contributed by atoms with Gasteiger partial charge in [0.1, 0.15) is 4.83 Å². The number of hydrogen-bond donors (Lipinski definition) is 2. The van der Waals surface area contributed by atoms with Gasteiger partial charge in [-0.1, -0.05) is 25.6 Å². The van der Waals surface area contributed by atoms with Crippen LogP contribution in [0, 0.1) is 0 Å². The van der Waals surface area contributed by atoms with Crippen LogP contribution >= 0.6 is 23.1 Å². The summed E-state index contributed by atoms with van der Waals surface area (Å²) < 4.78 is 1.69. The molecule has 9 heteroatoms. The van der Waals surface area contributed by atoms with E-state index in [0.717, 1.165) is 42.3 Å². The van der Waals surface area contributed by atoms with E-state index < -0.39 is 0 Å². The Bertz CT molecular complexity index is 935. The van der Waals surface area contributed by atoms with Crippen molar-refractivity contribution in [3.8, 4) is 0 Å². The lowest BCUT2D eigenvalue weighted by Gasteiger charge is -2.11. The second-order valence-electron chi connectivity index (χ2n) is 6.80. The molecule has 2 aromatic heterocycles. The highest BCUT2D eigenvalue weighted by Crippen LogP contribution is 2.35. The van der Waals surface area contributed by atoms with Crippen LogP contribution in [-0.4, -0.2) is 40.2 Å². The van der Waals surface area contributed by atoms with Crippen molar-refractivity contribution in [2.24, 2.45) is 0 Å². The lowest BCUT2D eigenvalue weighted by molar-refractivity contribution is -0.124. The Labute approximate surface area is 172 Å². The molecule has 0 aliphatic heterocycles. The zero-order valence-corrected chi connectivity index (χ0v) is 17.9. The Kier molecular flexibility index (Phi) is 7.12. The van der Waals surface area contributed by atoms with Gasteiger partial charge in [-0.25, -0.2) is 4.98 Å². The van der Waals surface area contributed by atoms with Gasteiger partial charge in [0.15, 0.2) is 5.16 Å². The lowest BCUT2D eigenvalue weighted by Crippen LogP contribution is -2.38. The van der Waals surface area contributed by atoms with E-state index in [1.165, 1.54) is 22.2 Å². The smallest absolute Gasteiger partial charge is 0.263 e. The molecule has 0 fully saturated rings. The number of aromatic nitrogens is 2. The number of hydrogen-bond acceptors (Lipinski definition) is 6. The van der Waals surface area contributed by atoms with Gasteiger partial charge in [0.05, 0.1) is 17.7 Å².